The van der Waals surface area contributed by atoms with E-state index >= 15 is 0 Å². The second-order valence-electron chi connectivity index (χ2n) is 6.61. The minimum Gasteiger partial charge on any atom is -0.378 e. The molecule has 3 aromatic rings. The third-order valence-electron chi connectivity index (χ3n) is 5.34. The summed E-state index contributed by atoms with van der Waals surface area (Å²) in [6.07, 6.45) is 7.76. The first kappa shape index (κ1) is 14.4. The van der Waals surface area contributed by atoms with Gasteiger partial charge in [-0.25, -0.2) is 0 Å². The fraction of sp³-hybridized carbons (Fsp3) is 0.200. The van der Waals surface area contributed by atoms with E-state index in [9.17, 15) is 0 Å². The highest BCUT2D eigenvalue weighted by Crippen LogP contribution is 2.53. The summed E-state index contributed by atoms with van der Waals surface area (Å²) in [6, 6.07) is 12.5. The first-order valence-corrected chi connectivity index (χ1v) is 8.96. The van der Waals surface area contributed by atoms with Crippen LogP contribution < -0.4 is 5.32 Å². The van der Waals surface area contributed by atoms with Gasteiger partial charge < -0.3 is 10.3 Å². The normalized spacial score (nSPS) is 24.7. The number of halogens is 2. The number of aromatic amines is 1. The van der Waals surface area contributed by atoms with Crippen molar-refractivity contribution < 1.29 is 0 Å². The van der Waals surface area contributed by atoms with E-state index in [1.165, 1.54) is 22.0 Å². The van der Waals surface area contributed by atoms with Crippen molar-refractivity contribution in [1.29, 1.82) is 0 Å². The quantitative estimate of drug-likeness (QED) is 0.493. The lowest BCUT2D eigenvalue weighted by atomic mass is 9.77. The number of anilines is 1. The van der Waals surface area contributed by atoms with Crippen LogP contribution in [0, 0.1) is 5.92 Å². The van der Waals surface area contributed by atoms with Crippen molar-refractivity contribution in [2.75, 3.05) is 5.32 Å². The second kappa shape index (κ2) is 5.30. The molecule has 2 N–H and O–H groups in total. The van der Waals surface area contributed by atoms with Gasteiger partial charge in [-0.05, 0) is 36.1 Å². The van der Waals surface area contributed by atoms with Gasteiger partial charge in [0.15, 0.2) is 0 Å². The van der Waals surface area contributed by atoms with Crippen LogP contribution in [0.5, 0.6) is 0 Å². The molecule has 2 nitrogen and oxygen atoms in total. The summed E-state index contributed by atoms with van der Waals surface area (Å²) in [5.74, 6) is 0.806. The van der Waals surface area contributed by atoms with Crippen LogP contribution >= 0.6 is 23.2 Å². The average Bonchev–Trinajstić information content (AvgIpc) is 3.20. The molecule has 1 aliphatic carbocycles. The van der Waals surface area contributed by atoms with Gasteiger partial charge in [-0.15, -0.1) is 0 Å². The zero-order chi connectivity index (χ0) is 16.3. The fourth-order valence-corrected chi connectivity index (χ4v) is 4.92. The first-order chi connectivity index (χ1) is 11.7. The SMILES string of the molecule is Clc1cc(Cl)c2c(c1)NC(c1c[nH]c3ccccc13)C1CC=CC21. The summed E-state index contributed by atoms with van der Waals surface area (Å²) in [4.78, 5) is 3.40. The number of hydrogen-bond donors (Lipinski definition) is 2. The van der Waals surface area contributed by atoms with Crippen LogP contribution in [0.3, 0.4) is 0 Å². The van der Waals surface area contributed by atoms with Gasteiger partial charge in [0.1, 0.15) is 0 Å². The van der Waals surface area contributed by atoms with Crippen LogP contribution in [-0.2, 0) is 0 Å². The minimum absolute atomic E-state index is 0.239. The fourth-order valence-electron chi connectivity index (χ4n) is 4.30. The second-order valence-corrected chi connectivity index (χ2v) is 7.46. The summed E-state index contributed by atoms with van der Waals surface area (Å²) in [6.45, 7) is 0. The largest absolute Gasteiger partial charge is 0.378 e. The Morgan fingerprint density at radius 1 is 1.08 bits per heavy atom. The zero-order valence-electron chi connectivity index (χ0n) is 12.9. The standard InChI is InChI=1S/C20H16Cl2N2/c21-11-8-16(22)19-13-5-3-6-14(13)20(24-18(19)9-11)15-10-23-17-7-2-1-4-12(15)17/h1-5,7-10,13-14,20,23-24H,6H2. The summed E-state index contributed by atoms with van der Waals surface area (Å²) in [5, 5.41) is 6.42. The molecular weight excluding hydrogens is 339 g/mol. The van der Waals surface area contributed by atoms with Crippen molar-refractivity contribution in [2.45, 2.75) is 18.4 Å². The molecule has 0 fully saturated rings. The predicted octanol–water partition coefficient (Wildman–Crippen LogP) is 6.30. The average molecular weight is 355 g/mol. The number of H-pyrrole nitrogens is 1. The van der Waals surface area contributed by atoms with Crippen LogP contribution in [0.25, 0.3) is 10.9 Å². The lowest BCUT2D eigenvalue weighted by molar-refractivity contribution is 0.427. The highest BCUT2D eigenvalue weighted by atomic mass is 35.5. The molecule has 0 spiro atoms. The molecule has 0 amide bonds. The van der Waals surface area contributed by atoms with E-state index in [1.54, 1.807) is 0 Å². The van der Waals surface area contributed by atoms with E-state index in [2.05, 4.69) is 52.9 Å². The van der Waals surface area contributed by atoms with Gasteiger partial charge in [0.25, 0.3) is 0 Å². The molecule has 0 radical (unpaired) electrons. The summed E-state index contributed by atoms with van der Waals surface area (Å²) >= 11 is 12.8. The molecular formula is C20H16Cl2N2. The molecule has 2 aliphatic rings. The highest BCUT2D eigenvalue weighted by Gasteiger charge is 2.39. The lowest BCUT2D eigenvalue weighted by Crippen LogP contribution is -2.29. The molecule has 5 rings (SSSR count). The molecule has 2 heterocycles. The van der Waals surface area contributed by atoms with Crippen LogP contribution in [0.4, 0.5) is 5.69 Å². The Kier molecular flexibility index (Phi) is 3.19. The van der Waals surface area contributed by atoms with Gasteiger partial charge in [-0.2, -0.15) is 0 Å². The van der Waals surface area contributed by atoms with Gasteiger partial charge in [0, 0.05) is 44.3 Å². The Bertz CT molecular complexity index is 973. The van der Waals surface area contributed by atoms with Gasteiger partial charge in [-0.1, -0.05) is 53.6 Å². The Hall–Kier alpha value is -1.90. The maximum atomic E-state index is 6.52. The van der Waals surface area contributed by atoms with Crippen LogP contribution in [0.15, 0.2) is 54.7 Å². The van der Waals surface area contributed by atoms with Crippen molar-refractivity contribution in [3.63, 3.8) is 0 Å². The van der Waals surface area contributed by atoms with Gasteiger partial charge in [0.05, 0.1) is 6.04 Å². The molecule has 0 saturated carbocycles. The zero-order valence-corrected chi connectivity index (χ0v) is 14.4. The Morgan fingerprint density at radius 3 is 2.88 bits per heavy atom. The van der Waals surface area contributed by atoms with Crippen molar-refractivity contribution in [3.8, 4) is 0 Å². The van der Waals surface area contributed by atoms with E-state index in [0.29, 0.717) is 16.9 Å². The Labute approximate surface area is 150 Å². The van der Waals surface area contributed by atoms with E-state index in [-0.39, 0.29) is 6.04 Å². The van der Waals surface area contributed by atoms with Crippen LogP contribution in [-0.4, -0.2) is 4.98 Å². The van der Waals surface area contributed by atoms with E-state index in [4.69, 9.17) is 23.2 Å². The Balaban J connectivity index is 1.68. The topological polar surface area (TPSA) is 27.8 Å². The number of fused-ring (bicyclic) bond motifs is 4. The van der Waals surface area contributed by atoms with Crippen molar-refractivity contribution >= 4 is 39.8 Å². The number of aromatic nitrogens is 1. The third kappa shape index (κ3) is 2.03. The summed E-state index contributed by atoms with van der Waals surface area (Å²) in [7, 11) is 0. The lowest BCUT2D eigenvalue weighted by Gasteiger charge is -2.37. The van der Waals surface area contributed by atoms with E-state index in [1.807, 2.05) is 12.1 Å². The molecule has 1 aromatic heterocycles. The molecule has 2 aromatic carbocycles. The van der Waals surface area contributed by atoms with Crippen molar-refractivity contribution in [1.82, 2.24) is 4.98 Å². The van der Waals surface area contributed by atoms with Gasteiger partial charge in [0.2, 0.25) is 0 Å². The number of nitrogens with one attached hydrogen (secondary N) is 2. The maximum absolute atomic E-state index is 6.52. The van der Waals surface area contributed by atoms with E-state index < -0.39 is 0 Å². The number of hydrogen-bond acceptors (Lipinski definition) is 1. The minimum atomic E-state index is 0.239. The van der Waals surface area contributed by atoms with Crippen molar-refractivity contribution in [2.24, 2.45) is 5.92 Å². The molecule has 1 aliphatic heterocycles. The van der Waals surface area contributed by atoms with Crippen LogP contribution in [0.2, 0.25) is 10.0 Å². The molecule has 4 heteroatoms. The highest BCUT2D eigenvalue weighted by molar-refractivity contribution is 6.35. The maximum Gasteiger partial charge on any atom is 0.0575 e. The van der Waals surface area contributed by atoms with Gasteiger partial charge in [-0.3, -0.25) is 0 Å². The summed E-state index contributed by atoms with van der Waals surface area (Å²) in [5.41, 5.74) is 4.71. The van der Waals surface area contributed by atoms with E-state index in [0.717, 1.165) is 17.1 Å². The molecule has 0 saturated heterocycles. The molecule has 120 valence electrons. The van der Waals surface area contributed by atoms with Crippen molar-refractivity contribution in [3.05, 3.63) is 75.9 Å². The summed E-state index contributed by atoms with van der Waals surface area (Å²) < 4.78 is 0. The number of allylic oxidation sites excluding steroid dienone is 2. The molecule has 24 heavy (non-hydrogen) atoms. The first-order valence-electron chi connectivity index (χ1n) is 8.20. The Morgan fingerprint density at radius 2 is 1.96 bits per heavy atom. The van der Waals surface area contributed by atoms with Crippen LogP contribution in [0.1, 0.15) is 29.5 Å². The number of para-hydroxylation sites is 1. The number of rotatable bonds is 1. The predicted molar refractivity (Wildman–Crippen MR) is 101 cm³/mol. The molecule has 3 atom stereocenters. The molecule has 3 unspecified atom stereocenters. The third-order valence-corrected chi connectivity index (χ3v) is 5.87. The van der Waals surface area contributed by atoms with Gasteiger partial charge >= 0.3 is 0 Å². The smallest absolute Gasteiger partial charge is 0.0575 e. The molecule has 0 bridgehead atoms. The number of benzene rings is 2. The monoisotopic (exact) mass is 354 g/mol.